The van der Waals surface area contributed by atoms with E-state index in [4.69, 9.17) is 58.7 Å². The minimum absolute atomic E-state index is 0.0630. The van der Waals surface area contributed by atoms with Gasteiger partial charge in [-0.3, -0.25) is 42.5 Å². The van der Waals surface area contributed by atoms with Gasteiger partial charge in [0.15, 0.2) is 22.5 Å². The number of nitrogens with zero attached hydrogens (tertiary/aromatic N) is 13. The van der Waals surface area contributed by atoms with E-state index in [0.29, 0.717) is 169 Å². The van der Waals surface area contributed by atoms with E-state index in [1.807, 2.05) is 289 Å². The van der Waals surface area contributed by atoms with Crippen LogP contribution in [0.5, 0.6) is 0 Å². The molecular formula is C96H99ClN16O6. The monoisotopic (exact) mass is 1610 g/mol. The van der Waals surface area contributed by atoms with Gasteiger partial charge in [-0.15, -0.1) is 0 Å². The number of hydrogen-bond acceptors (Lipinski definition) is 16. The van der Waals surface area contributed by atoms with E-state index >= 15 is 0 Å². The van der Waals surface area contributed by atoms with Crippen molar-refractivity contribution in [3.8, 4) is 0 Å². The topological polar surface area (TPSA) is 295 Å². The molecule has 6 N–H and O–H groups in total. The molecule has 0 saturated carbocycles. The van der Waals surface area contributed by atoms with Gasteiger partial charge in [-0.1, -0.05) is 220 Å². The van der Waals surface area contributed by atoms with Gasteiger partial charge in [-0.05, 0) is 174 Å². The Kier molecular flexibility index (Phi) is 27.5. The number of aryl methyl sites for hydroxylation is 3. The highest BCUT2D eigenvalue weighted by Crippen LogP contribution is 2.34. The normalized spacial score (nSPS) is 12.1. The maximum atomic E-state index is 14.1. The number of rotatable bonds is 27. The van der Waals surface area contributed by atoms with Crippen molar-refractivity contribution in [2.24, 2.45) is 23.1 Å². The summed E-state index contributed by atoms with van der Waals surface area (Å²) in [4.78, 5) is 123. The number of fused-ring (bicyclic) bond motifs is 6. The molecule has 119 heavy (non-hydrogen) atoms. The van der Waals surface area contributed by atoms with Crippen molar-refractivity contribution in [2.75, 3.05) is 39.3 Å². The lowest BCUT2D eigenvalue weighted by Gasteiger charge is -2.35. The zero-order valence-electron chi connectivity index (χ0n) is 68.2. The van der Waals surface area contributed by atoms with Gasteiger partial charge >= 0.3 is 0 Å². The fourth-order valence-corrected chi connectivity index (χ4v) is 15.2. The van der Waals surface area contributed by atoms with Gasteiger partial charge in [0, 0.05) is 52.1 Å². The van der Waals surface area contributed by atoms with Crippen molar-refractivity contribution < 1.29 is 14.4 Å². The van der Waals surface area contributed by atoms with E-state index in [1.165, 1.54) is 0 Å². The largest absolute Gasteiger partial charge is 0.330 e. The summed E-state index contributed by atoms with van der Waals surface area (Å²) in [5.74, 6) is 1.08. The molecule has 0 spiro atoms. The Hall–Kier alpha value is -12.9. The Labute approximate surface area is 696 Å². The molecule has 3 atom stereocenters. The summed E-state index contributed by atoms with van der Waals surface area (Å²) in [6.07, 6.45) is 2.98. The molecule has 0 fully saturated rings. The van der Waals surface area contributed by atoms with Crippen molar-refractivity contribution in [3.05, 3.63) is 346 Å². The molecule has 23 heteroatoms. The van der Waals surface area contributed by atoms with Gasteiger partial charge in [0.25, 0.3) is 34.4 Å². The minimum atomic E-state index is -0.505. The molecule has 0 aliphatic carbocycles. The van der Waals surface area contributed by atoms with Crippen LogP contribution >= 0.6 is 11.6 Å². The molecule has 0 bridgehead atoms. The number of pyridine rings is 2. The van der Waals surface area contributed by atoms with Crippen LogP contribution in [-0.4, -0.2) is 120 Å². The molecule has 0 aliphatic heterocycles. The highest BCUT2D eigenvalue weighted by molar-refractivity contribution is 6.31. The van der Waals surface area contributed by atoms with Crippen molar-refractivity contribution >= 4 is 95.4 Å². The summed E-state index contributed by atoms with van der Waals surface area (Å²) in [6, 6.07) is 74.8. The van der Waals surface area contributed by atoms with Crippen LogP contribution in [0.4, 0.5) is 0 Å². The first kappa shape index (κ1) is 84.1. The van der Waals surface area contributed by atoms with E-state index in [-0.39, 0.29) is 51.5 Å². The Balaban J connectivity index is 0.000000155. The number of carbonyl (C=O) groups excluding carboxylic acids is 3. The van der Waals surface area contributed by atoms with Crippen LogP contribution in [-0.2, 0) is 19.6 Å². The van der Waals surface area contributed by atoms with Crippen LogP contribution in [0.25, 0.3) is 66.1 Å². The van der Waals surface area contributed by atoms with Crippen molar-refractivity contribution in [1.29, 1.82) is 0 Å². The molecule has 15 rings (SSSR count). The summed E-state index contributed by atoms with van der Waals surface area (Å²) in [5.41, 5.74) is 28.8. The molecule has 3 unspecified atom stereocenters. The lowest BCUT2D eigenvalue weighted by Crippen LogP contribution is -2.42. The number of carbonyl (C=O) groups is 3. The molecule has 0 saturated heterocycles. The Morgan fingerprint density at radius 3 is 1.15 bits per heavy atom. The first-order valence-corrected chi connectivity index (χ1v) is 41.0. The highest BCUT2D eigenvalue weighted by Gasteiger charge is 2.35. The predicted octanol–water partition coefficient (Wildman–Crippen LogP) is 16.0. The van der Waals surface area contributed by atoms with Gasteiger partial charge < -0.3 is 31.9 Å². The highest BCUT2D eigenvalue weighted by atomic mass is 35.5. The third kappa shape index (κ3) is 19.4. The number of aromatic nitrogens is 10. The van der Waals surface area contributed by atoms with E-state index in [0.717, 1.165) is 49.7 Å². The predicted molar refractivity (Wildman–Crippen MR) is 475 cm³/mol. The van der Waals surface area contributed by atoms with E-state index in [2.05, 4.69) is 4.98 Å². The zero-order chi connectivity index (χ0) is 83.8. The Morgan fingerprint density at radius 1 is 0.378 bits per heavy atom. The summed E-state index contributed by atoms with van der Waals surface area (Å²) in [5, 5.41) is 3.12. The number of nitrogens with two attached hydrogens (primary N) is 3. The Bertz CT molecular complexity index is 6290. The van der Waals surface area contributed by atoms with E-state index in [1.54, 1.807) is 30.7 Å². The first-order valence-electron chi connectivity index (χ1n) is 40.6. The lowest BCUT2D eigenvalue weighted by molar-refractivity contribution is 0.0601. The number of amides is 3. The molecule has 22 nitrogen and oxygen atoms in total. The molecule has 15 aromatic rings. The maximum Gasteiger partial charge on any atom is 0.282 e. The number of halogens is 1. The van der Waals surface area contributed by atoms with Gasteiger partial charge in [-0.25, -0.2) is 34.9 Å². The number of para-hydroxylation sites is 3. The summed E-state index contributed by atoms with van der Waals surface area (Å²) >= 11 is 6.23. The second-order valence-corrected chi connectivity index (χ2v) is 30.7. The molecular weight excluding hydrogens is 1510 g/mol. The molecule has 3 amide bonds. The second-order valence-electron chi connectivity index (χ2n) is 30.2. The average molecular weight is 1610 g/mol. The SMILES string of the molecule is CCC(c1nc2nc3cc(Cl)ccc3cc2c(=O)n1Cc1ccccc1)N(CCCN)C(=O)c1ccc(C)cc1.CCC(c1nc2nc3ccccc3cc2c(=O)n1Cc1ccccc1)N(CCCN)C(=O)c1ccc(C)cc1.Cc1ccc(C(=O)N(CCCN)C(c2nc3nc4ccccc4nc3c(=O)n2Cc2ccccc2)C(C)C)cc1. The molecule has 9 aromatic carbocycles. The van der Waals surface area contributed by atoms with Crippen LogP contribution in [0.3, 0.4) is 0 Å². The third-order valence-corrected chi connectivity index (χ3v) is 21.5. The lowest BCUT2D eigenvalue weighted by atomic mass is 9.99. The van der Waals surface area contributed by atoms with Crippen LogP contribution in [0.2, 0.25) is 5.02 Å². The molecule has 606 valence electrons. The number of hydrogen-bond donors (Lipinski definition) is 3. The van der Waals surface area contributed by atoms with Gasteiger partial charge in [0.1, 0.15) is 17.5 Å². The Morgan fingerprint density at radius 2 is 0.731 bits per heavy atom. The zero-order valence-corrected chi connectivity index (χ0v) is 68.9. The van der Waals surface area contributed by atoms with E-state index in [9.17, 15) is 28.8 Å². The minimum Gasteiger partial charge on any atom is -0.330 e. The van der Waals surface area contributed by atoms with Crippen LogP contribution < -0.4 is 33.9 Å². The van der Waals surface area contributed by atoms with Crippen LogP contribution in [0, 0.1) is 26.7 Å². The fraction of sp³-hybridized carbons (Fsp3) is 0.260. The standard InChI is InChI=1S/C32H32ClN5O2.C32H34N6O2.C32H33N5O2/c1-3-28(37(17-7-16-34)31(39)23-12-10-21(2)11-13-23)30-36-29-26(18-24-14-15-25(33)19-27(24)35-29)32(40)38(30)20-22-8-5-4-6-9-22;1-21(2)28(37(19-9-18-33)31(39)24-16-14-22(3)15-17-24)30-36-29-27(34-25-12-7-8-13-26(25)35-29)32(40)38(30)20-23-10-5-4-6-11-23;1-3-28(36(19-9-18-33)31(38)24-16-14-22(2)15-17-24)30-35-29-26(20-25-12-7-8-13-27(25)34-29)32(39)37(30)21-23-10-5-4-6-11-23/h4-6,8-15,18-19,28H,3,7,16-17,20,34H2,1-2H3;4-8,10-17,21,28H,9,18-20,33H2,1-3H3;4-8,10-17,20,28H,3,9,18-19,21,33H2,1-2H3. The maximum absolute atomic E-state index is 14.1. The van der Waals surface area contributed by atoms with Gasteiger partial charge in [0.2, 0.25) is 0 Å². The third-order valence-electron chi connectivity index (χ3n) is 21.3. The first-order chi connectivity index (χ1) is 57.8. The average Bonchev–Trinajstić information content (AvgIpc) is 0.761. The molecule has 0 aliphatic rings. The van der Waals surface area contributed by atoms with Crippen LogP contribution in [0.1, 0.15) is 160 Å². The smallest absolute Gasteiger partial charge is 0.282 e. The second kappa shape index (κ2) is 38.9. The summed E-state index contributed by atoms with van der Waals surface area (Å²) < 4.78 is 5.05. The van der Waals surface area contributed by atoms with Crippen LogP contribution in [0.15, 0.2) is 257 Å². The van der Waals surface area contributed by atoms with Crippen molar-refractivity contribution in [2.45, 2.75) is 118 Å². The van der Waals surface area contributed by atoms with E-state index < -0.39 is 18.1 Å². The summed E-state index contributed by atoms with van der Waals surface area (Å²) in [7, 11) is 0. The fourth-order valence-electron chi connectivity index (χ4n) is 15.1. The van der Waals surface area contributed by atoms with Crippen molar-refractivity contribution in [3.63, 3.8) is 0 Å². The van der Waals surface area contributed by atoms with Crippen molar-refractivity contribution in [1.82, 2.24) is 63.3 Å². The van der Waals surface area contributed by atoms with Gasteiger partial charge in [0.05, 0.1) is 70.6 Å². The molecule has 6 aromatic heterocycles. The quantitative estimate of drug-likeness (QED) is 0.0403. The van der Waals surface area contributed by atoms with Gasteiger partial charge in [-0.2, -0.15) is 0 Å². The molecule has 0 radical (unpaired) electrons. The number of benzene rings is 9. The molecule has 6 heterocycles. The summed E-state index contributed by atoms with van der Waals surface area (Å²) in [6.45, 7) is 17.6.